The number of aliphatic hydroxyl groups excluding tert-OH is 1. The van der Waals surface area contributed by atoms with Gasteiger partial charge in [-0.1, -0.05) is 0 Å². The number of esters is 1. The summed E-state index contributed by atoms with van der Waals surface area (Å²) in [6.07, 6.45) is 1.13. The minimum atomic E-state index is -0.461. The van der Waals surface area contributed by atoms with E-state index in [1.807, 2.05) is 4.90 Å². The highest BCUT2D eigenvalue weighted by Gasteiger charge is 2.26. The second kappa shape index (κ2) is 4.89. The molecule has 0 spiro atoms. The molecule has 0 aromatic carbocycles. The van der Waals surface area contributed by atoms with Crippen LogP contribution in [0.2, 0.25) is 0 Å². The van der Waals surface area contributed by atoms with Gasteiger partial charge in [-0.15, -0.1) is 0 Å². The molecule has 0 unspecified atom stereocenters. The van der Waals surface area contributed by atoms with Crippen LogP contribution >= 0.6 is 11.5 Å². The molecule has 17 heavy (non-hydrogen) atoms. The van der Waals surface area contributed by atoms with E-state index in [1.165, 1.54) is 18.6 Å². The number of hydrogen-bond donors (Lipinski definition) is 2. The molecule has 2 heterocycles. The Morgan fingerprint density at radius 2 is 2.24 bits per heavy atom. The number of anilines is 2. The van der Waals surface area contributed by atoms with E-state index in [1.54, 1.807) is 0 Å². The molecule has 1 aliphatic rings. The Morgan fingerprint density at radius 3 is 2.82 bits per heavy atom. The Balaban J connectivity index is 2.23. The van der Waals surface area contributed by atoms with Gasteiger partial charge in [0.15, 0.2) is 5.82 Å². The summed E-state index contributed by atoms with van der Waals surface area (Å²) in [7, 11) is 1.32. The van der Waals surface area contributed by atoms with E-state index in [-0.39, 0.29) is 11.9 Å². The molecule has 0 saturated carbocycles. The van der Waals surface area contributed by atoms with Crippen LogP contribution in [0.3, 0.4) is 0 Å². The number of methoxy groups -OCH3 is 1. The van der Waals surface area contributed by atoms with E-state index in [9.17, 15) is 9.90 Å². The first-order valence-corrected chi connectivity index (χ1v) is 6.17. The monoisotopic (exact) mass is 257 g/mol. The van der Waals surface area contributed by atoms with Crippen LogP contribution in [0, 0.1) is 0 Å². The number of piperidine rings is 1. The molecule has 0 atom stereocenters. The molecule has 1 aromatic heterocycles. The third-order valence-corrected chi connectivity index (χ3v) is 3.76. The summed E-state index contributed by atoms with van der Waals surface area (Å²) in [5.41, 5.74) is 6.02. The van der Waals surface area contributed by atoms with Gasteiger partial charge in [0.1, 0.15) is 10.6 Å². The van der Waals surface area contributed by atoms with Crippen LogP contribution < -0.4 is 10.6 Å². The molecule has 94 valence electrons. The van der Waals surface area contributed by atoms with Crippen molar-refractivity contribution in [1.29, 1.82) is 0 Å². The van der Waals surface area contributed by atoms with E-state index in [0.29, 0.717) is 31.5 Å². The van der Waals surface area contributed by atoms with Gasteiger partial charge < -0.3 is 20.5 Å². The zero-order valence-electron chi connectivity index (χ0n) is 9.55. The van der Waals surface area contributed by atoms with Crippen LogP contribution in [0.4, 0.5) is 10.8 Å². The average molecular weight is 257 g/mol. The van der Waals surface area contributed by atoms with Crippen LogP contribution in [0.1, 0.15) is 23.2 Å². The first-order valence-electron chi connectivity index (χ1n) is 5.40. The number of hydrogen-bond acceptors (Lipinski definition) is 7. The van der Waals surface area contributed by atoms with E-state index in [0.717, 1.165) is 5.00 Å². The summed E-state index contributed by atoms with van der Waals surface area (Å²) in [5.74, 6) is -0.250. The molecular formula is C10H15N3O3S. The van der Waals surface area contributed by atoms with Gasteiger partial charge in [-0.3, -0.25) is 0 Å². The highest BCUT2D eigenvalue weighted by molar-refractivity contribution is 7.11. The number of rotatable bonds is 2. The number of nitrogen functional groups attached to an aromatic ring is 1. The molecule has 0 amide bonds. The van der Waals surface area contributed by atoms with Crippen LogP contribution in [-0.2, 0) is 4.74 Å². The zero-order chi connectivity index (χ0) is 12.4. The quantitative estimate of drug-likeness (QED) is 0.749. The SMILES string of the molecule is COC(=O)c1c(N)nsc1N1CCC(O)CC1. The van der Waals surface area contributed by atoms with Gasteiger partial charge in [0.2, 0.25) is 0 Å². The lowest BCUT2D eigenvalue weighted by atomic mass is 10.1. The van der Waals surface area contributed by atoms with Crippen LogP contribution in [0.25, 0.3) is 0 Å². The van der Waals surface area contributed by atoms with Crippen molar-refractivity contribution in [2.45, 2.75) is 18.9 Å². The molecule has 1 aromatic rings. The molecule has 2 rings (SSSR count). The van der Waals surface area contributed by atoms with Gasteiger partial charge in [-0.25, -0.2) is 4.79 Å². The molecule has 0 aliphatic carbocycles. The fourth-order valence-electron chi connectivity index (χ4n) is 1.87. The molecule has 1 saturated heterocycles. The molecule has 6 nitrogen and oxygen atoms in total. The van der Waals surface area contributed by atoms with Crippen molar-refractivity contribution >= 4 is 28.3 Å². The summed E-state index contributed by atoms with van der Waals surface area (Å²) in [6, 6.07) is 0. The standard InChI is InChI=1S/C10H15N3O3S/c1-16-10(15)7-8(11)12-17-9(7)13-4-2-6(14)3-5-13/h6,14H,2-5H2,1H3,(H2,11,12). The number of aromatic nitrogens is 1. The van der Waals surface area contributed by atoms with Gasteiger partial charge in [0.25, 0.3) is 0 Å². The summed E-state index contributed by atoms with van der Waals surface area (Å²) in [5, 5.41) is 10.2. The lowest BCUT2D eigenvalue weighted by Crippen LogP contribution is -2.36. The molecule has 1 fully saturated rings. The van der Waals surface area contributed by atoms with Gasteiger partial charge in [0.05, 0.1) is 13.2 Å². The highest BCUT2D eigenvalue weighted by Crippen LogP contribution is 2.32. The normalized spacial score (nSPS) is 17.2. The summed E-state index contributed by atoms with van der Waals surface area (Å²) >= 11 is 1.20. The Labute approximate surface area is 103 Å². The van der Waals surface area contributed by atoms with E-state index in [2.05, 4.69) is 4.37 Å². The first-order chi connectivity index (χ1) is 8.13. The minimum Gasteiger partial charge on any atom is -0.465 e. The molecule has 3 N–H and O–H groups in total. The van der Waals surface area contributed by atoms with E-state index < -0.39 is 5.97 Å². The van der Waals surface area contributed by atoms with Crippen molar-refractivity contribution in [3.8, 4) is 0 Å². The third kappa shape index (κ3) is 2.34. The lowest BCUT2D eigenvalue weighted by molar-refractivity contribution is 0.0603. The van der Waals surface area contributed by atoms with E-state index in [4.69, 9.17) is 10.5 Å². The number of carbonyl (C=O) groups is 1. The fourth-order valence-corrected chi connectivity index (χ4v) is 2.73. The van der Waals surface area contributed by atoms with Gasteiger partial charge in [0, 0.05) is 13.1 Å². The van der Waals surface area contributed by atoms with Crippen molar-refractivity contribution in [3.05, 3.63) is 5.56 Å². The maximum absolute atomic E-state index is 11.6. The number of carbonyl (C=O) groups excluding carboxylic acids is 1. The molecule has 0 radical (unpaired) electrons. The molecular weight excluding hydrogens is 242 g/mol. The van der Waals surface area contributed by atoms with Crippen molar-refractivity contribution in [3.63, 3.8) is 0 Å². The summed E-state index contributed by atoms with van der Waals surface area (Å²) < 4.78 is 8.69. The van der Waals surface area contributed by atoms with Crippen molar-refractivity contribution in [1.82, 2.24) is 4.37 Å². The largest absolute Gasteiger partial charge is 0.465 e. The number of nitrogens with two attached hydrogens (primary N) is 1. The Kier molecular flexibility index (Phi) is 3.49. The molecule has 7 heteroatoms. The number of nitrogens with zero attached hydrogens (tertiary/aromatic N) is 2. The van der Waals surface area contributed by atoms with E-state index >= 15 is 0 Å². The van der Waals surface area contributed by atoms with Crippen molar-refractivity contribution in [2.75, 3.05) is 30.8 Å². The topological polar surface area (TPSA) is 88.7 Å². The van der Waals surface area contributed by atoms with Crippen LogP contribution in [-0.4, -0.2) is 41.8 Å². The maximum atomic E-state index is 11.6. The van der Waals surface area contributed by atoms with Gasteiger partial charge in [-0.2, -0.15) is 4.37 Å². The molecule has 1 aliphatic heterocycles. The van der Waals surface area contributed by atoms with Crippen molar-refractivity contribution < 1.29 is 14.6 Å². The van der Waals surface area contributed by atoms with Crippen LogP contribution in [0.5, 0.6) is 0 Å². The Morgan fingerprint density at radius 1 is 1.59 bits per heavy atom. The second-order valence-electron chi connectivity index (χ2n) is 3.96. The Bertz CT molecular complexity index is 413. The maximum Gasteiger partial charge on any atom is 0.344 e. The minimum absolute atomic E-state index is 0.211. The third-order valence-electron chi connectivity index (χ3n) is 2.84. The number of aliphatic hydroxyl groups is 1. The average Bonchev–Trinajstić information content (AvgIpc) is 2.71. The second-order valence-corrected chi connectivity index (χ2v) is 4.71. The van der Waals surface area contributed by atoms with Gasteiger partial charge >= 0.3 is 5.97 Å². The molecule has 0 bridgehead atoms. The fraction of sp³-hybridized carbons (Fsp3) is 0.600. The predicted octanol–water partition coefficient (Wildman–Crippen LogP) is 0.473. The highest BCUT2D eigenvalue weighted by atomic mass is 32.1. The lowest BCUT2D eigenvalue weighted by Gasteiger charge is -2.30. The van der Waals surface area contributed by atoms with Crippen molar-refractivity contribution in [2.24, 2.45) is 0 Å². The Hall–Kier alpha value is -1.34. The van der Waals surface area contributed by atoms with Gasteiger partial charge in [-0.05, 0) is 24.4 Å². The smallest absolute Gasteiger partial charge is 0.344 e. The summed E-state index contributed by atoms with van der Waals surface area (Å²) in [6.45, 7) is 1.40. The summed E-state index contributed by atoms with van der Waals surface area (Å²) in [4.78, 5) is 13.6. The predicted molar refractivity (Wildman–Crippen MR) is 65.3 cm³/mol. The first kappa shape index (κ1) is 12.1. The van der Waals surface area contributed by atoms with Crippen LogP contribution in [0.15, 0.2) is 0 Å². The zero-order valence-corrected chi connectivity index (χ0v) is 10.4. The number of ether oxygens (including phenoxy) is 1.